The topological polar surface area (TPSA) is 79.7 Å². The predicted octanol–water partition coefficient (Wildman–Crippen LogP) is 2.85. The van der Waals surface area contributed by atoms with Crippen LogP contribution in [0, 0.1) is 11.3 Å². The Morgan fingerprint density at radius 2 is 1.90 bits per heavy atom. The lowest BCUT2D eigenvalue weighted by Gasteiger charge is -2.38. The standard InChI is InChI=1S/C24H27N5O2/c1-16(19-6-4-5-18(13-19)15-25)28-9-11-29(12-10-28)24(31)20-7-8-22-21(14-20)26-23(30)17(2)27(22)3/h4-8,13-14,16-17H,9-12H2,1-3H3,(H,26,30). The summed E-state index contributed by atoms with van der Waals surface area (Å²) < 4.78 is 0. The number of hydrogen-bond acceptors (Lipinski definition) is 5. The molecule has 2 amide bonds. The Morgan fingerprint density at radius 3 is 2.61 bits per heavy atom. The van der Waals surface area contributed by atoms with Crippen LogP contribution in [-0.2, 0) is 4.79 Å². The van der Waals surface area contributed by atoms with Crippen molar-refractivity contribution in [3.05, 3.63) is 59.2 Å². The van der Waals surface area contributed by atoms with Crippen LogP contribution in [0.4, 0.5) is 11.4 Å². The molecule has 4 rings (SSSR count). The SMILES string of the molecule is CC(c1cccc(C#N)c1)N1CCN(C(=O)c2ccc3c(c2)NC(=O)C(C)N3C)CC1. The van der Waals surface area contributed by atoms with Crippen LogP contribution in [0.2, 0.25) is 0 Å². The van der Waals surface area contributed by atoms with Crippen molar-refractivity contribution in [2.24, 2.45) is 0 Å². The Hall–Kier alpha value is -3.37. The van der Waals surface area contributed by atoms with Gasteiger partial charge in [0.05, 0.1) is 23.0 Å². The molecular weight excluding hydrogens is 390 g/mol. The fourth-order valence-electron chi connectivity index (χ4n) is 4.27. The third kappa shape index (κ3) is 3.99. The van der Waals surface area contributed by atoms with Gasteiger partial charge in [0.2, 0.25) is 5.91 Å². The normalized spacial score (nSPS) is 19.9. The fourth-order valence-corrected chi connectivity index (χ4v) is 4.27. The first-order chi connectivity index (χ1) is 14.9. The Kier molecular flexibility index (Phi) is 5.66. The summed E-state index contributed by atoms with van der Waals surface area (Å²) in [6, 6.07) is 15.4. The summed E-state index contributed by atoms with van der Waals surface area (Å²) in [5, 5.41) is 12.0. The first kappa shape index (κ1) is 20.9. The lowest BCUT2D eigenvalue weighted by Crippen LogP contribution is -2.49. The van der Waals surface area contributed by atoms with Gasteiger partial charge in [-0.2, -0.15) is 5.26 Å². The zero-order valence-electron chi connectivity index (χ0n) is 18.1. The van der Waals surface area contributed by atoms with Gasteiger partial charge in [-0.25, -0.2) is 0 Å². The summed E-state index contributed by atoms with van der Waals surface area (Å²) in [6.45, 7) is 6.81. The fraction of sp³-hybridized carbons (Fsp3) is 0.375. The Bertz CT molecular complexity index is 1050. The molecule has 0 aliphatic carbocycles. The summed E-state index contributed by atoms with van der Waals surface area (Å²) in [5.74, 6) is -0.0835. The van der Waals surface area contributed by atoms with Crippen LogP contribution in [0.1, 0.15) is 41.4 Å². The molecule has 1 fully saturated rings. The van der Waals surface area contributed by atoms with Gasteiger partial charge in [0.15, 0.2) is 0 Å². The molecule has 31 heavy (non-hydrogen) atoms. The van der Waals surface area contributed by atoms with E-state index in [0.717, 1.165) is 24.3 Å². The summed E-state index contributed by atoms with van der Waals surface area (Å²) in [4.78, 5) is 31.4. The lowest BCUT2D eigenvalue weighted by atomic mass is 10.0. The van der Waals surface area contributed by atoms with Crippen LogP contribution in [0.5, 0.6) is 0 Å². The average molecular weight is 418 g/mol. The van der Waals surface area contributed by atoms with Gasteiger partial charge in [0.1, 0.15) is 6.04 Å². The van der Waals surface area contributed by atoms with E-state index in [4.69, 9.17) is 5.26 Å². The number of piperazine rings is 1. The van der Waals surface area contributed by atoms with Gasteiger partial charge >= 0.3 is 0 Å². The molecular formula is C24H27N5O2. The second-order valence-electron chi connectivity index (χ2n) is 8.25. The van der Waals surface area contributed by atoms with Crippen molar-refractivity contribution in [1.82, 2.24) is 9.80 Å². The number of likely N-dealkylation sites (N-methyl/N-ethyl adjacent to an activating group) is 1. The third-order valence-electron chi connectivity index (χ3n) is 6.49. The monoisotopic (exact) mass is 417 g/mol. The minimum atomic E-state index is -0.238. The summed E-state index contributed by atoms with van der Waals surface area (Å²) in [5.41, 5.74) is 3.97. The van der Waals surface area contributed by atoms with Crippen LogP contribution in [0.15, 0.2) is 42.5 Å². The maximum atomic E-state index is 13.1. The Morgan fingerprint density at radius 1 is 1.16 bits per heavy atom. The molecule has 7 nitrogen and oxygen atoms in total. The minimum absolute atomic E-state index is 0.0166. The predicted molar refractivity (Wildman–Crippen MR) is 120 cm³/mol. The maximum absolute atomic E-state index is 13.1. The highest BCUT2D eigenvalue weighted by Gasteiger charge is 2.29. The highest BCUT2D eigenvalue weighted by Crippen LogP contribution is 2.32. The van der Waals surface area contributed by atoms with E-state index in [-0.39, 0.29) is 23.9 Å². The molecule has 2 unspecified atom stereocenters. The number of nitrogens with zero attached hydrogens (tertiary/aromatic N) is 4. The highest BCUT2D eigenvalue weighted by molar-refractivity contribution is 6.05. The van der Waals surface area contributed by atoms with Crippen LogP contribution in [0.25, 0.3) is 0 Å². The van der Waals surface area contributed by atoms with E-state index in [9.17, 15) is 9.59 Å². The molecule has 160 valence electrons. The molecule has 2 aromatic carbocycles. The molecule has 7 heteroatoms. The molecule has 2 aromatic rings. The van der Waals surface area contributed by atoms with Crippen molar-refractivity contribution in [1.29, 1.82) is 5.26 Å². The van der Waals surface area contributed by atoms with Gasteiger partial charge in [-0.05, 0) is 49.7 Å². The smallest absolute Gasteiger partial charge is 0.254 e. The van der Waals surface area contributed by atoms with E-state index in [2.05, 4.69) is 23.2 Å². The van der Waals surface area contributed by atoms with Crippen molar-refractivity contribution in [3.63, 3.8) is 0 Å². The number of fused-ring (bicyclic) bond motifs is 1. The molecule has 2 aliphatic heterocycles. The molecule has 1 N–H and O–H groups in total. The van der Waals surface area contributed by atoms with Gasteiger partial charge in [-0.15, -0.1) is 0 Å². The number of carbonyl (C=O) groups excluding carboxylic acids is 2. The summed E-state index contributed by atoms with van der Waals surface area (Å²) >= 11 is 0. The molecule has 0 bridgehead atoms. The van der Waals surface area contributed by atoms with Gasteiger partial charge in [-0.1, -0.05) is 12.1 Å². The summed E-state index contributed by atoms with van der Waals surface area (Å²) in [7, 11) is 1.89. The number of amides is 2. The van der Waals surface area contributed by atoms with Crippen molar-refractivity contribution < 1.29 is 9.59 Å². The van der Waals surface area contributed by atoms with E-state index < -0.39 is 0 Å². The van der Waals surface area contributed by atoms with E-state index in [1.807, 2.05) is 60.2 Å². The zero-order chi connectivity index (χ0) is 22.1. The first-order valence-electron chi connectivity index (χ1n) is 10.6. The summed E-state index contributed by atoms with van der Waals surface area (Å²) in [6.07, 6.45) is 0. The van der Waals surface area contributed by atoms with Crippen molar-refractivity contribution in [2.45, 2.75) is 25.9 Å². The number of benzene rings is 2. The molecule has 1 saturated heterocycles. The largest absolute Gasteiger partial charge is 0.361 e. The van der Waals surface area contributed by atoms with Gasteiger partial charge < -0.3 is 15.1 Å². The molecule has 0 radical (unpaired) electrons. The highest BCUT2D eigenvalue weighted by atomic mass is 16.2. The van der Waals surface area contributed by atoms with E-state index in [1.165, 1.54) is 0 Å². The van der Waals surface area contributed by atoms with Gasteiger partial charge in [0, 0.05) is 44.8 Å². The zero-order valence-corrected chi connectivity index (χ0v) is 18.1. The lowest BCUT2D eigenvalue weighted by molar-refractivity contribution is -0.117. The quantitative estimate of drug-likeness (QED) is 0.831. The number of nitrogens with one attached hydrogen (secondary N) is 1. The second-order valence-corrected chi connectivity index (χ2v) is 8.25. The van der Waals surface area contributed by atoms with Crippen molar-refractivity contribution in [2.75, 3.05) is 43.4 Å². The molecule has 2 heterocycles. The molecule has 2 aliphatic rings. The van der Waals surface area contributed by atoms with Gasteiger partial charge in [-0.3, -0.25) is 14.5 Å². The number of hydrogen-bond donors (Lipinski definition) is 1. The van der Waals surface area contributed by atoms with E-state index in [1.54, 1.807) is 6.07 Å². The first-order valence-corrected chi connectivity index (χ1v) is 10.6. The average Bonchev–Trinajstić information content (AvgIpc) is 2.81. The molecule has 0 spiro atoms. The van der Waals surface area contributed by atoms with Crippen LogP contribution in [-0.4, -0.2) is 60.9 Å². The van der Waals surface area contributed by atoms with Crippen LogP contribution < -0.4 is 10.2 Å². The van der Waals surface area contributed by atoms with E-state index >= 15 is 0 Å². The van der Waals surface area contributed by atoms with Crippen LogP contribution in [0.3, 0.4) is 0 Å². The maximum Gasteiger partial charge on any atom is 0.254 e. The Balaban J connectivity index is 1.42. The number of rotatable bonds is 3. The number of carbonyl (C=O) groups is 2. The minimum Gasteiger partial charge on any atom is -0.361 e. The van der Waals surface area contributed by atoms with Crippen molar-refractivity contribution in [3.8, 4) is 6.07 Å². The second kappa shape index (κ2) is 8.40. The molecule has 0 aromatic heterocycles. The number of nitriles is 1. The molecule has 2 atom stereocenters. The van der Waals surface area contributed by atoms with Crippen LogP contribution >= 0.6 is 0 Å². The Labute approximate surface area is 182 Å². The van der Waals surface area contributed by atoms with E-state index in [0.29, 0.717) is 29.9 Å². The van der Waals surface area contributed by atoms with Crippen molar-refractivity contribution >= 4 is 23.2 Å². The van der Waals surface area contributed by atoms with Gasteiger partial charge in [0.25, 0.3) is 5.91 Å². The molecule has 0 saturated carbocycles. The number of anilines is 2. The third-order valence-corrected chi connectivity index (χ3v) is 6.49.